The van der Waals surface area contributed by atoms with Crippen LogP contribution in [-0.4, -0.2) is 61.5 Å². The van der Waals surface area contributed by atoms with Gasteiger partial charge in [0, 0.05) is 25.0 Å². The molecule has 1 N–H and O–H groups in total. The van der Waals surface area contributed by atoms with Gasteiger partial charge in [-0.2, -0.15) is 4.39 Å². The third kappa shape index (κ3) is 10.6. The Kier molecular flexibility index (Phi) is 12.1. The van der Waals surface area contributed by atoms with Crippen LogP contribution < -0.4 is 5.32 Å². The SMILES string of the molecule is CCC(=O)C(CC(=O)OC)CC(=O)C(C)NC(=O)C(CS(=O)(=O)CCc1ccnc(F)c1)C(C)C. The normalized spacial score (nSPS) is 14.1. The largest absolute Gasteiger partial charge is 0.469 e. The highest BCUT2D eigenvalue weighted by Gasteiger charge is 2.31. The summed E-state index contributed by atoms with van der Waals surface area (Å²) in [6, 6.07) is 1.71. The van der Waals surface area contributed by atoms with Crippen LogP contribution >= 0.6 is 0 Å². The van der Waals surface area contributed by atoms with Crippen molar-refractivity contribution in [3.8, 4) is 0 Å². The van der Waals surface area contributed by atoms with E-state index < -0.39 is 57.1 Å². The summed E-state index contributed by atoms with van der Waals surface area (Å²) in [5.41, 5.74) is 0.481. The zero-order valence-corrected chi connectivity index (χ0v) is 21.7. The minimum Gasteiger partial charge on any atom is -0.469 e. The van der Waals surface area contributed by atoms with E-state index >= 15 is 0 Å². The molecule has 0 aromatic carbocycles. The summed E-state index contributed by atoms with van der Waals surface area (Å²) in [5.74, 6) is -5.40. The zero-order valence-electron chi connectivity index (χ0n) is 20.9. The van der Waals surface area contributed by atoms with Gasteiger partial charge in [0.2, 0.25) is 11.9 Å². The van der Waals surface area contributed by atoms with Crippen LogP contribution in [0.15, 0.2) is 18.3 Å². The molecule has 1 aromatic rings. The molecule has 0 aliphatic heterocycles. The maximum atomic E-state index is 13.2. The first-order chi connectivity index (χ1) is 16.3. The predicted molar refractivity (Wildman–Crippen MR) is 128 cm³/mol. The van der Waals surface area contributed by atoms with E-state index in [4.69, 9.17) is 0 Å². The van der Waals surface area contributed by atoms with Crippen LogP contribution in [0.5, 0.6) is 0 Å². The fourth-order valence-corrected chi connectivity index (χ4v) is 5.29. The number of pyridine rings is 1. The van der Waals surface area contributed by atoms with Crippen LogP contribution in [0, 0.1) is 23.7 Å². The van der Waals surface area contributed by atoms with Crippen LogP contribution in [0.25, 0.3) is 0 Å². The van der Waals surface area contributed by atoms with Gasteiger partial charge in [-0.1, -0.05) is 20.8 Å². The summed E-state index contributed by atoms with van der Waals surface area (Å²) in [6.07, 6.45) is 1.01. The standard InChI is InChI=1S/C24H35FN2O7S/c1-6-20(28)18(13-23(30)34-5)12-21(29)16(4)27-24(31)19(15(2)3)14-35(32,33)10-8-17-7-9-26-22(25)11-17/h7,9,11,15-16,18-19H,6,8,10,12-14H2,1-5H3,(H,27,31). The van der Waals surface area contributed by atoms with E-state index in [0.717, 1.165) is 6.07 Å². The first kappa shape index (κ1) is 30.3. The third-order valence-corrected chi connectivity index (χ3v) is 7.49. The zero-order chi connectivity index (χ0) is 26.8. The Labute approximate surface area is 206 Å². The smallest absolute Gasteiger partial charge is 0.306 e. The van der Waals surface area contributed by atoms with E-state index in [9.17, 15) is 32.0 Å². The van der Waals surface area contributed by atoms with E-state index in [2.05, 4.69) is 15.0 Å². The van der Waals surface area contributed by atoms with Crippen LogP contribution in [0.1, 0.15) is 52.5 Å². The number of nitrogens with one attached hydrogen (secondary N) is 1. The molecule has 0 aliphatic rings. The van der Waals surface area contributed by atoms with E-state index in [1.165, 1.54) is 26.3 Å². The van der Waals surface area contributed by atoms with Gasteiger partial charge in [0.15, 0.2) is 15.6 Å². The summed E-state index contributed by atoms with van der Waals surface area (Å²) in [4.78, 5) is 52.7. The third-order valence-electron chi connectivity index (χ3n) is 5.80. The number of halogens is 1. The maximum Gasteiger partial charge on any atom is 0.306 e. The fourth-order valence-electron chi connectivity index (χ4n) is 3.49. The number of aryl methyl sites for hydroxylation is 1. The lowest BCUT2D eigenvalue weighted by Gasteiger charge is -2.23. The second-order valence-corrected chi connectivity index (χ2v) is 11.1. The minimum absolute atomic E-state index is 0.0795. The summed E-state index contributed by atoms with van der Waals surface area (Å²) >= 11 is 0. The van der Waals surface area contributed by atoms with Crippen LogP contribution in [0.2, 0.25) is 0 Å². The number of ether oxygens (including phenoxy) is 1. The Bertz CT molecular complexity index is 1010. The number of esters is 1. The van der Waals surface area contributed by atoms with Crippen molar-refractivity contribution in [3.05, 3.63) is 29.8 Å². The summed E-state index contributed by atoms with van der Waals surface area (Å²) in [5, 5.41) is 2.56. The Morgan fingerprint density at radius 3 is 2.31 bits per heavy atom. The van der Waals surface area contributed by atoms with Gasteiger partial charge in [-0.15, -0.1) is 0 Å². The van der Waals surface area contributed by atoms with Gasteiger partial charge in [-0.25, -0.2) is 13.4 Å². The average Bonchev–Trinajstić information content (AvgIpc) is 2.79. The van der Waals surface area contributed by atoms with Gasteiger partial charge in [-0.3, -0.25) is 19.2 Å². The van der Waals surface area contributed by atoms with Crippen molar-refractivity contribution in [2.24, 2.45) is 17.8 Å². The molecule has 11 heteroatoms. The monoisotopic (exact) mass is 514 g/mol. The fraction of sp³-hybridized carbons (Fsp3) is 0.625. The Morgan fingerprint density at radius 1 is 1.11 bits per heavy atom. The molecule has 0 saturated carbocycles. The average molecular weight is 515 g/mol. The van der Waals surface area contributed by atoms with Gasteiger partial charge in [0.25, 0.3) is 0 Å². The van der Waals surface area contributed by atoms with E-state index in [1.54, 1.807) is 20.8 Å². The van der Waals surface area contributed by atoms with Crippen molar-refractivity contribution in [3.63, 3.8) is 0 Å². The maximum absolute atomic E-state index is 13.2. The molecule has 1 aromatic heterocycles. The molecular formula is C24H35FN2O7S. The lowest BCUT2D eigenvalue weighted by Crippen LogP contribution is -2.45. The number of methoxy groups -OCH3 is 1. The highest BCUT2D eigenvalue weighted by atomic mass is 32.2. The van der Waals surface area contributed by atoms with E-state index in [1.807, 2.05) is 0 Å². The number of hydrogen-bond donors (Lipinski definition) is 1. The number of Topliss-reactive ketones (excluding diaryl/α,β-unsaturated/α-hetero) is 2. The second kappa shape index (κ2) is 14.0. The molecule has 9 nitrogen and oxygen atoms in total. The predicted octanol–water partition coefficient (Wildman–Crippen LogP) is 2.07. The molecule has 1 heterocycles. The molecule has 3 atom stereocenters. The number of aromatic nitrogens is 1. The first-order valence-corrected chi connectivity index (χ1v) is 13.3. The van der Waals surface area contributed by atoms with E-state index in [-0.39, 0.29) is 43.1 Å². The molecule has 0 spiro atoms. The molecule has 35 heavy (non-hydrogen) atoms. The molecule has 0 bridgehead atoms. The Hall–Kier alpha value is -2.69. The molecule has 1 amide bonds. The number of carbonyl (C=O) groups excluding carboxylic acids is 4. The molecule has 196 valence electrons. The summed E-state index contributed by atoms with van der Waals surface area (Å²) in [7, 11) is -2.48. The van der Waals surface area contributed by atoms with Gasteiger partial charge < -0.3 is 10.1 Å². The molecule has 0 fully saturated rings. The molecule has 0 saturated heterocycles. The van der Waals surface area contributed by atoms with Crippen LogP contribution in [0.4, 0.5) is 4.39 Å². The van der Waals surface area contributed by atoms with Crippen molar-refractivity contribution >= 4 is 33.3 Å². The highest BCUT2D eigenvalue weighted by molar-refractivity contribution is 7.91. The lowest BCUT2D eigenvalue weighted by molar-refractivity contribution is -0.144. The lowest BCUT2D eigenvalue weighted by atomic mass is 9.90. The van der Waals surface area contributed by atoms with Crippen molar-refractivity contribution < 1.29 is 36.7 Å². The van der Waals surface area contributed by atoms with Crippen LogP contribution in [0.3, 0.4) is 0 Å². The Balaban J connectivity index is 2.80. The molecule has 3 unspecified atom stereocenters. The van der Waals surface area contributed by atoms with Gasteiger partial charge in [0.1, 0.15) is 5.78 Å². The van der Waals surface area contributed by atoms with Crippen molar-refractivity contribution in [1.82, 2.24) is 10.3 Å². The first-order valence-electron chi connectivity index (χ1n) is 11.5. The minimum atomic E-state index is -3.67. The number of ketones is 2. The van der Waals surface area contributed by atoms with Crippen molar-refractivity contribution in [1.29, 1.82) is 0 Å². The highest BCUT2D eigenvalue weighted by Crippen LogP contribution is 2.18. The number of nitrogens with zero attached hydrogens (tertiary/aromatic N) is 1. The number of amides is 1. The van der Waals surface area contributed by atoms with Crippen molar-refractivity contribution in [2.75, 3.05) is 18.6 Å². The Morgan fingerprint density at radius 2 is 1.77 bits per heavy atom. The van der Waals surface area contributed by atoms with Crippen molar-refractivity contribution in [2.45, 2.75) is 59.4 Å². The van der Waals surface area contributed by atoms with Crippen LogP contribution in [-0.2, 0) is 40.2 Å². The summed E-state index contributed by atoms with van der Waals surface area (Å²) < 4.78 is 43.2. The summed E-state index contributed by atoms with van der Waals surface area (Å²) in [6.45, 7) is 6.49. The number of hydrogen-bond acceptors (Lipinski definition) is 8. The van der Waals surface area contributed by atoms with Gasteiger partial charge in [0.05, 0.1) is 37.0 Å². The number of rotatable bonds is 15. The molecule has 1 rings (SSSR count). The van der Waals surface area contributed by atoms with Gasteiger partial charge in [-0.05, 0) is 37.0 Å². The number of sulfone groups is 1. The molecule has 0 aliphatic carbocycles. The second-order valence-electron chi connectivity index (χ2n) is 8.90. The quantitative estimate of drug-likeness (QED) is 0.277. The van der Waals surface area contributed by atoms with Gasteiger partial charge >= 0.3 is 5.97 Å². The topological polar surface area (TPSA) is 137 Å². The number of carbonyl (C=O) groups is 4. The molecular weight excluding hydrogens is 479 g/mol. The molecule has 0 radical (unpaired) electrons. The van der Waals surface area contributed by atoms with E-state index in [0.29, 0.717) is 5.56 Å².